The van der Waals surface area contributed by atoms with Crippen molar-refractivity contribution >= 4 is 36.0 Å². The Hall–Kier alpha value is -3.99. The van der Waals surface area contributed by atoms with Crippen molar-refractivity contribution in [1.29, 1.82) is 0 Å². The van der Waals surface area contributed by atoms with Crippen molar-refractivity contribution in [2.45, 2.75) is 5.16 Å². The number of hydrogen-bond donors (Lipinski definition) is 1. The van der Waals surface area contributed by atoms with Crippen LogP contribution in [0.2, 0.25) is 0 Å². The molecule has 1 N–H and O–H groups in total. The van der Waals surface area contributed by atoms with Gasteiger partial charge in [0.25, 0.3) is 0 Å². The summed E-state index contributed by atoms with van der Waals surface area (Å²) in [5.74, 6) is 0.818. The monoisotopic (exact) mass is 469 g/mol. The van der Waals surface area contributed by atoms with Crippen molar-refractivity contribution in [2.24, 2.45) is 5.10 Å². The van der Waals surface area contributed by atoms with E-state index in [0.717, 1.165) is 10.6 Å². The van der Waals surface area contributed by atoms with E-state index in [1.165, 1.54) is 30.7 Å². The fraction of sp³-hybridized carbons (Fsp3) is 0.182. The molecule has 3 aromatic rings. The summed E-state index contributed by atoms with van der Waals surface area (Å²) >= 11 is 1.32. The Labute approximate surface area is 195 Å². The van der Waals surface area contributed by atoms with Crippen molar-refractivity contribution in [1.82, 2.24) is 15.1 Å². The molecule has 0 saturated heterocycles. The first-order chi connectivity index (χ1) is 16.0. The van der Waals surface area contributed by atoms with Crippen molar-refractivity contribution in [2.75, 3.05) is 32.6 Å². The number of carbonyl (C=O) groups is 2. The molecule has 0 fully saturated rings. The molecule has 11 heteroatoms. The van der Waals surface area contributed by atoms with E-state index < -0.39 is 12.2 Å². The van der Waals surface area contributed by atoms with Crippen LogP contribution in [0, 0.1) is 0 Å². The topological polar surface area (TPSA) is 107 Å². The van der Waals surface area contributed by atoms with Crippen LogP contribution in [0.5, 0.6) is 5.75 Å². The lowest BCUT2D eigenvalue weighted by Gasteiger charge is -2.22. The Morgan fingerprint density at radius 2 is 1.76 bits per heavy atom. The molecule has 0 spiro atoms. The number of amides is 2. The minimum Gasteiger partial charge on any atom is -0.497 e. The van der Waals surface area contributed by atoms with Gasteiger partial charge in [-0.3, -0.25) is 0 Å². The molecule has 0 bridgehead atoms. The maximum atomic E-state index is 12.7. The molecule has 0 unspecified atom stereocenters. The molecule has 2 amide bonds. The summed E-state index contributed by atoms with van der Waals surface area (Å²) in [6.45, 7) is 0. The van der Waals surface area contributed by atoms with E-state index in [9.17, 15) is 9.59 Å². The summed E-state index contributed by atoms with van der Waals surface area (Å²) in [6.07, 6.45) is 1.72. The second-order valence-corrected chi connectivity index (χ2v) is 7.15. The van der Waals surface area contributed by atoms with Gasteiger partial charge in [0, 0.05) is 5.56 Å². The third kappa shape index (κ3) is 5.44. The molecule has 0 saturated carbocycles. The highest BCUT2D eigenvalue weighted by atomic mass is 32.2. The molecular weight excluding hydrogens is 446 g/mol. The van der Waals surface area contributed by atoms with Crippen LogP contribution in [0.1, 0.15) is 5.56 Å². The zero-order chi connectivity index (χ0) is 23.8. The number of anilines is 1. The number of carbonyl (C=O) groups excluding carboxylic acids is 2. The molecule has 1 heterocycles. The predicted octanol–water partition coefficient (Wildman–Crippen LogP) is 4.01. The Morgan fingerprint density at radius 1 is 1.06 bits per heavy atom. The summed E-state index contributed by atoms with van der Waals surface area (Å²) in [5, 5.41) is 5.92. The quantitative estimate of drug-likeness (QED) is 0.330. The van der Waals surface area contributed by atoms with Crippen LogP contribution in [0.25, 0.3) is 11.3 Å². The molecular formula is C22H23N5O5S. The molecule has 10 nitrogen and oxygen atoms in total. The zero-order valence-electron chi connectivity index (χ0n) is 18.5. The number of aromatic nitrogens is 2. The third-order valence-corrected chi connectivity index (χ3v) is 5.06. The van der Waals surface area contributed by atoms with Gasteiger partial charge in [-0.15, -0.1) is 0 Å². The van der Waals surface area contributed by atoms with E-state index >= 15 is 0 Å². The van der Waals surface area contributed by atoms with E-state index in [4.69, 9.17) is 9.47 Å². The highest BCUT2D eigenvalue weighted by Crippen LogP contribution is 2.35. The number of nitrogens with one attached hydrogen (secondary N) is 1. The molecule has 33 heavy (non-hydrogen) atoms. The highest BCUT2D eigenvalue weighted by Gasteiger charge is 2.30. The number of ether oxygens (including phenoxy) is 3. The van der Waals surface area contributed by atoms with E-state index in [1.54, 1.807) is 37.6 Å². The molecule has 0 radical (unpaired) electrons. The number of rotatable bonds is 6. The second kappa shape index (κ2) is 11.0. The summed E-state index contributed by atoms with van der Waals surface area (Å²) < 4.78 is 16.3. The number of thioether (sulfide) groups is 1. The van der Waals surface area contributed by atoms with Crippen LogP contribution in [0.15, 0.2) is 64.9 Å². The van der Waals surface area contributed by atoms with Crippen molar-refractivity contribution in [3.8, 4) is 17.0 Å². The number of hydrogen-bond acceptors (Lipinski definition) is 8. The summed E-state index contributed by atoms with van der Waals surface area (Å²) in [6, 6.07) is 16.5. The van der Waals surface area contributed by atoms with E-state index in [2.05, 4.69) is 20.2 Å². The SMILES string of the molecule is COC(=O)NN(C(=O)OC)c1c(-c2ccc(OC)cc2)nc(SC)n1/N=C/c1ccccc1. The van der Waals surface area contributed by atoms with Gasteiger partial charge >= 0.3 is 12.2 Å². The fourth-order valence-corrected chi connectivity index (χ4v) is 3.33. The fourth-order valence-electron chi connectivity index (χ4n) is 2.84. The molecule has 172 valence electrons. The molecule has 0 atom stereocenters. The van der Waals surface area contributed by atoms with Crippen LogP contribution in [0.4, 0.5) is 15.4 Å². The van der Waals surface area contributed by atoms with Gasteiger partial charge in [0.1, 0.15) is 11.4 Å². The number of methoxy groups -OCH3 is 3. The first kappa shape index (κ1) is 23.7. The average molecular weight is 470 g/mol. The summed E-state index contributed by atoms with van der Waals surface area (Å²) in [5.41, 5.74) is 4.25. The maximum absolute atomic E-state index is 12.7. The first-order valence-corrected chi connectivity index (χ1v) is 10.9. The standard InChI is InChI=1S/C22H23N5O5S/c1-30-17-12-10-16(11-13-17)18-19(27(22(29)32-3)25-21(28)31-2)26(20(24-18)33-4)23-14-15-8-6-5-7-9-15/h5-14H,1-4H3,(H,25,28)/b23-14+. The van der Waals surface area contributed by atoms with Gasteiger partial charge in [-0.25, -0.2) is 20.0 Å². The molecule has 1 aromatic heterocycles. The van der Waals surface area contributed by atoms with Crippen LogP contribution < -0.4 is 15.2 Å². The molecule has 0 aliphatic heterocycles. The van der Waals surface area contributed by atoms with Crippen molar-refractivity contribution in [3.63, 3.8) is 0 Å². The highest BCUT2D eigenvalue weighted by molar-refractivity contribution is 7.98. The van der Waals surface area contributed by atoms with Crippen LogP contribution in [-0.4, -0.2) is 55.6 Å². The minimum atomic E-state index is -0.869. The first-order valence-electron chi connectivity index (χ1n) is 9.65. The average Bonchev–Trinajstić information content (AvgIpc) is 3.24. The number of benzene rings is 2. The van der Waals surface area contributed by atoms with Gasteiger partial charge in [0.2, 0.25) is 0 Å². The largest absolute Gasteiger partial charge is 0.497 e. The Kier molecular flexibility index (Phi) is 7.92. The number of hydrazine groups is 1. The van der Waals surface area contributed by atoms with Gasteiger partial charge in [-0.2, -0.15) is 14.8 Å². The van der Waals surface area contributed by atoms with Crippen molar-refractivity contribution < 1.29 is 23.8 Å². The Balaban J connectivity index is 2.23. The summed E-state index contributed by atoms with van der Waals surface area (Å²) in [4.78, 5) is 29.4. The molecule has 3 rings (SSSR count). The maximum Gasteiger partial charge on any atom is 0.434 e. The van der Waals surface area contributed by atoms with E-state index in [0.29, 0.717) is 22.2 Å². The minimum absolute atomic E-state index is 0.161. The molecule has 2 aromatic carbocycles. The summed E-state index contributed by atoms with van der Waals surface area (Å²) in [7, 11) is 3.96. The lowest BCUT2D eigenvalue weighted by atomic mass is 10.1. The lowest BCUT2D eigenvalue weighted by molar-refractivity contribution is 0.157. The number of imidazole rings is 1. The van der Waals surface area contributed by atoms with E-state index in [-0.39, 0.29) is 5.82 Å². The Bertz CT molecular complexity index is 1130. The van der Waals surface area contributed by atoms with Crippen molar-refractivity contribution in [3.05, 3.63) is 60.2 Å². The third-order valence-electron chi connectivity index (χ3n) is 4.43. The van der Waals surface area contributed by atoms with Gasteiger partial charge in [-0.05, 0) is 36.1 Å². The van der Waals surface area contributed by atoms with Gasteiger partial charge < -0.3 is 14.2 Å². The smallest absolute Gasteiger partial charge is 0.434 e. The zero-order valence-corrected chi connectivity index (χ0v) is 19.3. The van der Waals surface area contributed by atoms with Crippen LogP contribution >= 0.6 is 11.8 Å². The Morgan fingerprint density at radius 3 is 2.33 bits per heavy atom. The van der Waals surface area contributed by atoms with Crippen LogP contribution in [-0.2, 0) is 9.47 Å². The predicted molar refractivity (Wildman–Crippen MR) is 126 cm³/mol. The van der Waals surface area contributed by atoms with Gasteiger partial charge in [0.15, 0.2) is 11.0 Å². The molecule has 0 aliphatic carbocycles. The molecule has 0 aliphatic rings. The number of nitrogens with zero attached hydrogens (tertiary/aromatic N) is 4. The van der Waals surface area contributed by atoms with Gasteiger partial charge in [0.05, 0.1) is 27.5 Å². The normalized spacial score (nSPS) is 10.7. The second-order valence-electron chi connectivity index (χ2n) is 6.38. The lowest BCUT2D eigenvalue weighted by Crippen LogP contribution is -2.47. The van der Waals surface area contributed by atoms with E-state index in [1.807, 2.05) is 36.6 Å². The van der Waals surface area contributed by atoms with Gasteiger partial charge in [-0.1, -0.05) is 42.1 Å². The van der Waals surface area contributed by atoms with Crippen LogP contribution in [0.3, 0.4) is 0 Å².